The van der Waals surface area contributed by atoms with E-state index in [-0.39, 0.29) is 12.0 Å². The van der Waals surface area contributed by atoms with Crippen LogP contribution in [-0.2, 0) is 9.53 Å². The molecule has 2 heterocycles. The molecule has 3 unspecified atom stereocenters. The van der Waals surface area contributed by atoms with Crippen LogP contribution < -0.4 is 10.6 Å². The molecule has 0 aromatic heterocycles. The van der Waals surface area contributed by atoms with Crippen molar-refractivity contribution in [3.63, 3.8) is 0 Å². The van der Waals surface area contributed by atoms with Gasteiger partial charge in [-0.15, -0.1) is 0 Å². The monoisotopic (exact) mass is 212 g/mol. The molecule has 2 fully saturated rings. The van der Waals surface area contributed by atoms with Crippen LogP contribution in [0.3, 0.4) is 0 Å². The lowest BCUT2D eigenvalue weighted by molar-refractivity contribution is -0.142. The third-order valence-corrected chi connectivity index (χ3v) is 3.65. The van der Waals surface area contributed by atoms with Crippen molar-refractivity contribution < 1.29 is 9.53 Å². The second kappa shape index (κ2) is 4.94. The molecule has 0 bridgehead atoms. The Labute approximate surface area is 90.8 Å². The number of rotatable bonds is 2. The molecule has 0 spiro atoms. The van der Waals surface area contributed by atoms with Crippen molar-refractivity contribution in [2.24, 2.45) is 11.8 Å². The van der Waals surface area contributed by atoms with Gasteiger partial charge in [0.2, 0.25) is 0 Å². The highest BCUT2D eigenvalue weighted by atomic mass is 16.5. The Morgan fingerprint density at radius 2 is 2.20 bits per heavy atom. The average molecular weight is 212 g/mol. The lowest BCUT2D eigenvalue weighted by Crippen LogP contribution is -2.34. The van der Waals surface area contributed by atoms with Gasteiger partial charge in [0.15, 0.2) is 0 Å². The summed E-state index contributed by atoms with van der Waals surface area (Å²) in [6.07, 6.45) is 3.51. The number of carbonyl (C=O) groups excluding carboxylic acids is 1. The molecule has 2 rings (SSSR count). The van der Waals surface area contributed by atoms with Crippen LogP contribution in [0.15, 0.2) is 0 Å². The zero-order valence-electron chi connectivity index (χ0n) is 9.29. The van der Waals surface area contributed by atoms with Crippen LogP contribution in [0.25, 0.3) is 0 Å². The molecule has 2 N–H and O–H groups in total. The Bertz CT molecular complexity index is 227. The van der Waals surface area contributed by atoms with E-state index in [4.69, 9.17) is 4.74 Å². The van der Waals surface area contributed by atoms with E-state index in [1.54, 1.807) is 0 Å². The summed E-state index contributed by atoms with van der Waals surface area (Å²) < 4.78 is 4.75. The van der Waals surface area contributed by atoms with E-state index >= 15 is 0 Å². The standard InChI is InChI=1S/C11H20N2O2/c1-15-11(14)10-5-9(7-13-10)8-3-2-4-12-6-8/h8-10,12-13H,2-7H2,1H3. The van der Waals surface area contributed by atoms with Gasteiger partial charge in [-0.25, -0.2) is 0 Å². The van der Waals surface area contributed by atoms with Crippen LogP contribution in [0.1, 0.15) is 19.3 Å². The minimum absolute atomic E-state index is 0.0677. The molecule has 0 amide bonds. The number of piperidine rings is 1. The molecule has 4 heteroatoms. The fourth-order valence-corrected chi connectivity index (χ4v) is 2.73. The predicted molar refractivity (Wildman–Crippen MR) is 57.5 cm³/mol. The molecule has 0 aliphatic carbocycles. The van der Waals surface area contributed by atoms with Gasteiger partial charge in [-0.3, -0.25) is 4.79 Å². The summed E-state index contributed by atoms with van der Waals surface area (Å²) >= 11 is 0. The molecule has 2 aliphatic rings. The lowest BCUT2D eigenvalue weighted by atomic mass is 9.85. The number of methoxy groups -OCH3 is 1. The second-order valence-corrected chi connectivity index (χ2v) is 4.59. The normalized spacial score (nSPS) is 36.5. The Morgan fingerprint density at radius 3 is 2.87 bits per heavy atom. The highest BCUT2D eigenvalue weighted by molar-refractivity contribution is 5.76. The summed E-state index contributed by atoms with van der Waals surface area (Å²) in [5.41, 5.74) is 0. The van der Waals surface area contributed by atoms with Crippen molar-refractivity contribution >= 4 is 5.97 Å². The van der Waals surface area contributed by atoms with Crippen molar-refractivity contribution in [2.75, 3.05) is 26.7 Å². The van der Waals surface area contributed by atoms with Gasteiger partial charge in [0.25, 0.3) is 0 Å². The molecular weight excluding hydrogens is 192 g/mol. The first-order valence-electron chi connectivity index (χ1n) is 5.83. The van der Waals surface area contributed by atoms with Gasteiger partial charge in [-0.2, -0.15) is 0 Å². The number of esters is 1. The van der Waals surface area contributed by atoms with E-state index < -0.39 is 0 Å². The minimum atomic E-state index is -0.110. The molecule has 2 saturated heterocycles. The SMILES string of the molecule is COC(=O)C1CC(C2CCCNC2)CN1. The number of hydrogen-bond acceptors (Lipinski definition) is 4. The Kier molecular flexibility index (Phi) is 3.59. The largest absolute Gasteiger partial charge is 0.468 e. The van der Waals surface area contributed by atoms with E-state index in [1.807, 2.05) is 0 Å². The molecule has 4 nitrogen and oxygen atoms in total. The minimum Gasteiger partial charge on any atom is -0.468 e. The number of ether oxygens (including phenoxy) is 1. The highest BCUT2D eigenvalue weighted by Gasteiger charge is 2.34. The molecule has 15 heavy (non-hydrogen) atoms. The quantitative estimate of drug-likeness (QED) is 0.639. The summed E-state index contributed by atoms with van der Waals surface area (Å²) in [6, 6.07) is -0.0677. The number of hydrogen-bond donors (Lipinski definition) is 2. The first-order valence-corrected chi connectivity index (χ1v) is 5.83. The molecule has 0 saturated carbocycles. The maximum Gasteiger partial charge on any atom is 0.322 e. The van der Waals surface area contributed by atoms with Gasteiger partial charge in [-0.05, 0) is 50.7 Å². The fourth-order valence-electron chi connectivity index (χ4n) is 2.73. The van der Waals surface area contributed by atoms with E-state index in [1.165, 1.54) is 20.0 Å². The summed E-state index contributed by atoms with van der Waals surface area (Å²) in [5.74, 6) is 1.27. The van der Waals surface area contributed by atoms with Gasteiger partial charge in [0, 0.05) is 0 Å². The average Bonchev–Trinajstić information content (AvgIpc) is 2.78. The highest BCUT2D eigenvalue weighted by Crippen LogP contribution is 2.27. The van der Waals surface area contributed by atoms with Crippen LogP contribution in [0.4, 0.5) is 0 Å². The van der Waals surface area contributed by atoms with Gasteiger partial charge in [0.05, 0.1) is 7.11 Å². The molecular formula is C11H20N2O2. The summed E-state index contributed by atoms with van der Waals surface area (Å²) in [4.78, 5) is 11.3. The van der Waals surface area contributed by atoms with Crippen LogP contribution in [0.2, 0.25) is 0 Å². The molecule has 0 aromatic carbocycles. The van der Waals surface area contributed by atoms with E-state index in [9.17, 15) is 4.79 Å². The van der Waals surface area contributed by atoms with Gasteiger partial charge >= 0.3 is 5.97 Å². The van der Waals surface area contributed by atoms with Gasteiger partial charge in [-0.1, -0.05) is 0 Å². The van der Waals surface area contributed by atoms with Gasteiger partial charge < -0.3 is 15.4 Å². The number of carbonyl (C=O) groups is 1. The maximum absolute atomic E-state index is 11.3. The molecule has 3 atom stereocenters. The third kappa shape index (κ3) is 2.49. The summed E-state index contributed by atoms with van der Waals surface area (Å²) in [7, 11) is 1.46. The fraction of sp³-hybridized carbons (Fsp3) is 0.909. The van der Waals surface area contributed by atoms with Crippen molar-refractivity contribution in [2.45, 2.75) is 25.3 Å². The van der Waals surface area contributed by atoms with Crippen molar-refractivity contribution in [3.8, 4) is 0 Å². The van der Waals surface area contributed by atoms with E-state index in [0.29, 0.717) is 5.92 Å². The van der Waals surface area contributed by atoms with Crippen LogP contribution in [0, 0.1) is 11.8 Å². The van der Waals surface area contributed by atoms with Crippen molar-refractivity contribution in [1.29, 1.82) is 0 Å². The Balaban J connectivity index is 1.83. The van der Waals surface area contributed by atoms with Crippen LogP contribution >= 0.6 is 0 Å². The predicted octanol–water partition coefficient (Wildman–Crippen LogP) is 0.137. The molecule has 2 aliphatic heterocycles. The zero-order chi connectivity index (χ0) is 10.7. The topological polar surface area (TPSA) is 50.4 Å². The maximum atomic E-state index is 11.3. The Hall–Kier alpha value is -0.610. The second-order valence-electron chi connectivity index (χ2n) is 4.59. The summed E-state index contributed by atoms with van der Waals surface area (Å²) in [5, 5.41) is 6.68. The van der Waals surface area contributed by atoms with Crippen molar-refractivity contribution in [1.82, 2.24) is 10.6 Å². The smallest absolute Gasteiger partial charge is 0.322 e. The van der Waals surface area contributed by atoms with E-state index in [0.717, 1.165) is 32.0 Å². The molecule has 86 valence electrons. The Morgan fingerprint density at radius 1 is 1.33 bits per heavy atom. The van der Waals surface area contributed by atoms with Gasteiger partial charge in [0.1, 0.15) is 6.04 Å². The van der Waals surface area contributed by atoms with Crippen LogP contribution in [0.5, 0.6) is 0 Å². The van der Waals surface area contributed by atoms with E-state index in [2.05, 4.69) is 10.6 Å². The molecule has 0 aromatic rings. The first-order chi connectivity index (χ1) is 7.31. The first kappa shape index (κ1) is 10.9. The van der Waals surface area contributed by atoms with Crippen molar-refractivity contribution in [3.05, 3.63) is 0 Å². The third-order valence-electron chi connectivity index (χ3n) is 3.65. The summed E-state index contributed by atoms with van der Waals surface area (Å²) in [6.45, 7) is 3.23. The molecule has 0 radical (unpaired) electrons. The lowest BCUT2D eigenvalue weighted by Gasteiger charge is -2.27. The van der Waals surface area contributed by atoms with Crippen LogP contribution in [-0.4, -0.2) is 38.8 Å². The number of nitrogens with one attached hydrogen (secondary N) is 2. The zero-order valence-corrected chi connectivity index (χ0v) is 9.29.